The minimum absolute atomic E-state index is 0.222. The molecule has 0 radical (unpaired) electrons. The van der Waals surface area contributed by atoms with Gasteiger partial charge in [0.05, 0.1) is 32.5 Å². The van der Waals surface area contributed by atoms with Crippen LogP contribution in [0.15, 0.2) is 88.4 Å². The van der Waals surface area contributed by atoms with Crippen molar-refractivity contribution in [3.63, 3.8) is 0 Å². The number of carbonyl (C=O) groups excluding carboxylic acids is 3. The van der Waals surface area contributed by atoms with Crippen LogP contribution in [0.4, 0.5) is 0 Å². The zero-order chi connectivity index (χ0) is 27.8. The molecule has 0 saturated carbocycles. The monoisotopic (exact) mass is 589 g/mol. The summed E-state index contributed by atoms with van der Waals surface area (Å²) in [5.41, 5.74) is 3.52. The van der Waals surface area contributed by atoms with Gasteiger partial charge in [0.1, 0.15) is 5.75 Å². The third-order valence-corrected chi connectivity index (χ3v) is 6.12. The van der Waals surface area contributed by atoms with Crippen LogP contribution < -0.4 is 25.0 Å². The molecule has 0 aliphatic heterocycles. The smallest absolute Gasteiger partial charge is 0.343 e. The number of rotatable bonds is 9. The van der Waals surface area contributed by atoms with Crippen LogP contribution in [0, 0.1) is 0 Å². The molecule has 2 N–H and O–H groups in total. The third-order valence-electron chi connectivity index (χ3n) is 5.63. The molecule has 0 saturated heterocycles. The summed E-state index contributed by atoms with van der Waals surface area (Å²) in [6.45, 7) is -0.279. The predicted molar refractivity (Wildman–Crippen MR) is 151 cm³/mol. The molecule has 4 rings (SSSR count). The number of hydrogen-bond acceptors (Lipinski definition) is 7. The van der Waals surface area contributed by atoms with Gasteiger partial charge < -0.3 is 19.5 Å². The first-order valence-electron chi connectivity index (χ1n) is 11.7. The molecule has 2 amide bonds. The van der Waals surface area contributed by atoms with Crippen LogP contribution in [-0.2, 0) is 4.79 Å². The molecule has 198 valence electrons. The van der Waals surface area contributed by atoms with Gasteiger partial charge in [-0.05, 0) is 53.2 Å². The van der Waals surface area contributed by atoms with E-state index in [0.717, 1.165) is 10.8 Å². The van der Waals surface area contributed by atoms with Crippen LogP contribution in [0.1, 0.15) is 26.3 Å². The lowest BCUT2D eigenvalue weighted by Gasteiger charge is -2.11. The standard InChI is InChI=1S/C29H24BrN3O6/c1-37-25-12-10-19(15-26(25)38-2)29(36)39-24-13-11-21(30)14-20(24)16-32-33-27(34)17-31-28(35)23-9-5-7-18-6-3-4-8-22(18)23/h3-16H,17H2,1-2H3,(H,31,35)(H,33,34)/b32-16-. The molecular weight excluding hydrogens is 566 g/mol. The van der Waals surface area contributed by atoms with E-state index in [1.165, 1.54) is 26.5 Å². The Morgan fingerprint density at radius 3 is 2.41 bits per heavy atom. The average Bonchev–Trinajstić information content (AvgIpc) is 2.96. The average molecular weight is 590 g/mol. The van der Waals surface area contributed by atoms with E-state index in [2.05, 4.69) is 31.8 Å². The molecule has 0 unspecified atom stereocenters. The van der Waals surface area contributed by atoms with Crippen LogP contribution in [0.5, 0.6) is 17.2 Å². The van der Waals surface area contributed by atoms with Gasteiger partial charge in [0.25, 0.3) is 11.8 Å². The first-order valence-corrected chi connectivity index (χ1v) is 12.5. The van der Waals surface area contributed by atoms with Gasteiger partial charge in [-0.1, -0.05) is 52.3 Å². The highest BCUT2D eigenvalue weighted by Crippen LogP contribution is 2.29. The second-order valence-corrected chi connectivity index (χ2v) is 9.06. The number of nitrogens with one attached hydrogen (secondary N) is 2. The van der Waals surface area contributed by atoms with Crippen LogP contribution in [-0.4, -0.2) is 44.8 Å². The fourth-order valence-electron chi connectivity index (χ4n) is 3.73. The summed E-state index contributed by atoms with van der Waals surface area (Å²) in [5.74, 6) is -0.427. The van der Waals surface area contributed by atoms with Crippen molar-refractivity contribution in [2.24, 2.45) is 5.10 Å². The van der Waals surface area contributed by atoms with Crippen molar-refractivity contribution >= 4 is 50.7 Å². The predicted octanol–water partition coefficient (Wildman–Crippen LogP) is 4.72. The number of benzene rings is 4. The van der Waals surface area contributed by atoms with E-state index in [9.17, 15) is 14.4 Å². The molecule has 0 spiro atoms. The molecule has 10 heteroatoms. The Balaban J connectivity index is 1.38. The van der Waals surface area contributed by atoms with Crippen LogP contribution >= 0.6 is 15.9 Å². The molecule has 0 fully saturated rings. The molecular formula is C29H24BrN3O6. The van der Waals surface area contributed by atoms with Gasteiger partial charge >= 0.3 is 5.97 Å². The number of carbonyl (C=O) groups is 3. The Morgan fingerprint density at radius 2 is 1.62 bits per heavy atom. The summed E-state index contributed by atoms with van der Waals surface area (Å²) in [7, 11) is 2.97. The van der Waals surface area contributed by atoms with Crippen molar-refractivity contribution in [1.29, 1.82) is 0 Å². The molecule has 4 aromatic rings. The van der Waals surface area contributed by atoms with Crippen LogP contribution in [0.2, 0.25) is 0 Å². The maximum absolute atomic E-state index is 12.8. The van der Waals surface area contributed by atoms with E-state index in [1.54, 1.807) is 42.5 Å². The minimum Gasteiger partial charge on any atom is -0.493 e. The van der Waals surface area contributed by atoms with Gasteiger partial charge in [-0.25, -0.2) is 10.2 Å². The highest BCUT2D eigenvalue weighted by atomic mass is 79.9. The van der Waals surface area contributed by atoms with E-state index < -0.39 is 11.9 Å². The fraction of sp³-hybridized carbons (Fsp3) is 0.103. The molecule has 0 heterocycles. The summed E-state index contributed by atoms with van der Waals surface area (Å²) >= 11 is 3.38. The highest BCUT2D eigenvalue weighted by molar-refractivity contribution is 9.10. The number of hydrazone groups is 1. The Kier molecular flexibility index (Phi) is 8.90. The SMILES string of the molecule is COc1ccc(C(=O)Oc2ccc(Br)cc2/C=N\NC(=O)CNC(=O)c2cccc3ccccc23)cc1OC. The summed E-state index contributed by atoms with van der Waals surface area (Å²) in [6.07, 6.45) is 1.34. The number of amides is 2. The van der Waals surface area contributed by atoms with Crippen molar-refractivity contribution < 1.29 is 28.6 Å². The summed E-state index contributed by atoms with van der Waals surface area (Å²) < 4.78 is 16.7. The number of fused-ring (bicyclic) bond motifs is 1. The lowest BCUT2D eigenvalue weighted by molar-refractivity contribution is -0.120. The third kappa shape index (κ3) is 6.79. The van der Waals surface area contributed by atoms with Gasteiger partial charge in [0, 0.05) is 15.6 Å². The second-order valence-electron chi connectivity index (χ2n) is 8.14. The van der Waals surface area contributed by atoms with Crippen LogP contribution in [0.25, 0.3) is 10.8 Å². The highest BCUT2D eigenvalue weighted by Gasteiger charge is 2.15. The Morgan fingerprint density at radius 1 is 0.872 bits per heavy atom. The number of hydrogen-bond donors (Lipinski definition) is 2. The van der Waals surface area contributed by atoms with Gasteiger partial charge in [0.2, 0.25) is 0 Å². The van der Waals surface area contributed by atoms with Gasteiger partial charge in [-0.2, -0.15) is 5.10 Å². The first-order chi connectivity index (χ1) is 18.9. The number of ether oxygens (including phenoxy) is 3. The maximum atomic E-state index is 12.8. The normalized spacial score (nSPS) is 10.7. The molecule has 0 atom stereocenters. The van der Waals surface area contributed by atoms with Crippen molar-refractivity contribution in [3.05, 3.63) is 100 Å². The second kappa shape index (κ2) is 12.7. The summed E-state index contributed by atoms with van der Waals surface area (Å²) in [4.78, 5) is 37.7. The van der Waals surface area contributed by atoms with E-state index in [-0.39, 0.29) is 23.8 Å². The zero-order valence-corrected chi connectivity index (χ0v) is 22.7. The molecule has 9 nitrogen and oxygen atoms in total. The van der Waals surface area contributed by atoms with E-state index >= 15 is 0 Å². The molecule has 0 aliphatic carbocycles. The summed E-state index contributed by atoms with van der Waals surface area (Å²) in [5, 5.41) is 8.27. The lowest BCUT2D eigenvalue weighted by Crippen LogP contribution is -2.35. The van der Waals surface area contributed by atoms with E-state index in [1.807, 2.05) is 30.3 Å². The van der Waals surface area contributed by atoms with Crippen molar-refractivity contribution in [2.45, 2.75) is 0 Å². The minimum atomic E-state index is -0.617. The van der Waals surface area contributed by atoms with E-state index in [0.29, 0.717) is 27.1 Å². The molecule has 0 aliphatic rings. The zero-order valence-electron chi connectivity index (χ0n) is 21.1. The molecule has 4 aromatic carbocycles. The van der Waals surface area contributed by atoms with Crippen molar-refractivity contribution in [3.8, 4) is 17.2 Å². The Labute approximate surface area is 232 Å². The van der Waals surface area contributed by atoms with E-state index in [4.69, 9.17) is 14.2 Å². The quantitative estimate of drug-likeness (QED) is 0.126. The molecule has 0 bridgehead atoms. The van der Waals surface area contributed by atoms with Gasteiger partial charge in [0.15, 0.2) is 11.5 Å². The largest absolute Gasteiger partial charge is 0.493 e. The van der Waals surface area contributed by atoms with Crippen molar-refractivity contribution in [2.75, 3.05) is 20.8 Å². The number of esters is 1. The van der Waals surface area contributed by atoms with Crippen molar-refractivity contribution in [1.82, 2.24) is 10.7 Å². The summed E-state index contributed by atoms with van der Waals surface area (Å²) in [6, 6.07) is 22.6. The maximum Gasteiger partial charge on any atom is 0.343 e. The van der Waals surface area contributed by atoms with Crippen LogP contribution in [0.3, 0.4) is 0 Å². The first kappa shape index (κ1) is 27.3. The van der Waals surface area contributed by atoms with Gasteiger partial charge in [-0.15, -0.1) is 0 Å². The Hall–Kier alpha value is -4.70. The number of methoxy groups -OCH3 is 2. The Bertz CT molecular complexity index is 1560. The topological polar surface area (TPSA) is 115 Å². The number of halogens is 1. The number of nitrogens with zero attached hydrogens (tertiary/aromatic N) is 1. The van der Waals surface area contributed by atoms with Gasteiger partial charge in [-0.3, -0.25) is 9.59 Å². The fourth-order valence-corrected chi connectivity index (χ4v) is 4.11. The molecule has 0 aromatic heterocycles. The lowest BCUT2D eigenvalue weighted by atomic mass is 10.0. The molecule has 39 heavy (non-hydrogen) atoms.